The fourth-order valence-corrected chi connectivity index (χ4v) is 2.65. The van der Waals surface area contributed by atoms with Crippen molar-refractivity contribution in [2.24, 2.45) is 0 Å². The van der Waals surface area contributed by atoms with Crippen molar-refractivity contribution in [1.29, 1.82) is 0 Å². The highest BCUT2D eigenvalue weighted by molar-refractivity contribution is 5.40. The maximum Gasteiger partial charge on any atom is 0.123 e. The van der Waals surface area contributed by atoms with Gasteiger partial charge in [0.15, 0.2) is 0 Å². The van der Waals surface area contributed by atoms with Crippen molar-refractivity contribution < 1.29 is 14.6 Å². The third-order valence-corrected chi connectivity index (χ3v) is 3.92. The average Bonchev–Trinajstić information content (AvgIpc) is 2.89. The lowest BCUT2D eigenvalue weighted by Crippen LogP contribution is -2.12. The first-order valence-electron chi connectivity index (χ1n) is 7.28. The number of fused-ring (bicyclic) bond motifs is 1. The molecule has 21 heavy (non-hydrogen) atoms. The molecule has 3 rings (SSSR count). The summed E-state index contributed by atoms with van der Waals surface area (Å²) in [6, 6.07) is 13.9. The first-order valence-corrected chi connectivity index (χ1v) is 7.28. The van der Waals surface area contributed by atoms with Crippen LogP contribution in [-0.2, 0) is 0 Å². The summed E-state index contributed by atoms with van der Waals surface area (Å²) < 4.78 is 11.6. The molecule has 0 fully saturated rings. The van der Waals surface area contributed by atoms with Gasteiger partial charge in [0.1, 0.15) is 11.5 Å². The zero-order valence-electron chi connectivity index (χ0n) is 12.4. The highest BCUT2D eigenvalue weighted by Gasteiger charge is 2.24. The maximum absolute atomic E-state index is 9.59. The molecule has 3 heteroatoms. The van der Waals surface area contributed by atoms with Crippen LogP contribution in [0, 0.1) is 6.92 Å². The van der Waals surface area contributed by atoms with Crippen LogP contribution in [0.3, 0.4) is 0 Å². The van der Waals surface area contributed by atoms with Crippen molar-refractivity contribution in [2.45, 2.75) is 25.9 Å². The van der Waals surface area contributed by atoms with Crippen LogP contribution >= 0.6 is 0 Å². The van der Waals surface area contributed by atoms with Crippen molar-refractivity contribution in [3.8, 4) is 11.5 Å². The summed E-state index contributed by atoms with van der Waals surface area (Å²) in [6.07, 6.45) is -0.451. The molecule has 110 valence electrons. The molecule has 2 atom stereocenters. The number of hydrogen-bond donors (Lipinski definition) is 1. The van der Waals surface area contributed by atoms with E-state index in [2.05, 4.69) is 6.07 Å². The van der Waals surface area contributed by atoms with E-state index < -0.39 is 6.10 Å². The fourth-order valence-electron chi connectivity index (χ4n) is 2.65. The van der Waals surface area contributed by atoms with Crippen LogP contribution in [0.5, 0.6) is 11.5 Å². The molecule has 0 bridgehead atoms. The highest BCUT2D eigenvalue weighted by Crippen LogP contribution is 2.34. The Balaban J connectivity index is 1.69. The molecule has 2 aromatic carbocycles. The molecule has 3 nitrogen and oxygen atoms in total. The van der Waals surface area contributed by atoms with Gasteiger partial charge in [-0.1, -0.05) is 24.3 Å². The van der Waals surface area contributed by atoms with Crippen molar-refractivity contribution in [1.82, 2.24) is 0 Å². The van der Waals surface area contributed by atoms with Gasteiger partial charge in [-0.15, -0.1) is 0 Å². The molecular formula is C18H20O3. The van der Waals surface area contributed by atoms with Crippen LogP contribution in [0.1, 0.15) is 35.6 Å². The molecular weight excluding hydrogens is 264 g/mol. The Labute approximate surface area is 125 Å². The van der Waals surface area contributed by atoms with E-state index in [0.717, 1.165) is 22.6 Å². The third kappa shape index (κ3) is 2.88. The van der Waals surface area contributed by atoms with Crippen LogP contribution in [0.25, 0.3) is 0 Å². The summed E-state index contributed by atoms with van der Waals surface area (Å²) >= 11 is 0. The zero-order chi connectivity index (χ0) is 14.8. The highest BCUT2D eigenvalue weighted by atomic mass is 16.5. The van der Waals surface area contributed by atoms with E-state index in [1.807, 2.05) is 43.3 Å². The van der Waals surface area contributed by atoms with Crippen molar-refractivity contribution in [2.75, 3.05) is 13.2 Å². The van der Waals surface area contributed by atoms with E-state index in [-0.39, 0.29) is 5.92 Å². The van der Waals surface area contributed by atoms with Crippen LogP contribution in [0.4, 0.5) is 0 Å². The van der Waals surface area contributed by atoms with Gasteiger partial charge in [-0.3, -0.25) is 0 Å². The third-order valence-electron chi connectivity index (χ3n) is 3.92. The second-order valence-electron chi connectivity index (χ2n) is 5.56. The summed E-state index contributed by atoms with van der Waals surface area (Å²) in [5.41, 5.74) is 3.17. The largest absolute Gasteiger partial charge is 0.493 e. The number of ether oxygens (including phenoxy) is 2. The first-order chi connectivity index (χ1) is 10.1. The normalized spacial score (nSPS) is 18.0. The molecule has 2 aromatic rings. The predicted octanol–water partition coefficient (Wildman–Crippen LogP) is 3.60. The van der Waals surface area contributed by atoms with E-state index in [9.17, 15) is 5.11 Å². The summed E-state index contributed by atoms with van der Waals surface area (Å²) in [4.78, 5) is 0. The van der Waals surface area contributed by atoms with E-state index in [1.54, 1.807) is 6.92 Å². The lowest BCUT2D eigenvalue weighted by molar-refractivity contribution is 0.199. The minimum Gasteiger partial charge on any atom is -0.493 e. The molecule has 1 N–H and O–H groups in total. The van der Waals surface area contributed by atoms with Gasteiger partial charge in [-0.25, -0.2) is 0 Å². The number of benzene rings is 2. The number of para-hydroxylation sites is 1. The minimum atomic E-state index is -0.451. The van der Waals surface area contributed by atoms with Gasteiger partial charge < -0.3 is 14.6 Å². The summed E-state index contributed by atoms with van der Waals surface area (Å²) in [7, 11) is 0. The Morgan fingerprint density at radius 3 is 2.86 bits per heavy atom. The Hall–Kier alpha value is -2.00. The lowest BCUT2D eigenvalue weighted by Gasteiger charge is -2.14. The smallest absolute Gasteiger partial charge is 0.123 e. The molecule has 0 saturated carbocycles. The first kappa shape index (κ1) is 14.0. The SMILES string of the molecule is Cc1cc(C(C)O)ccc1OCC1COc2ccccc21. The number of aryl methyl sites for hydroxylation is 1. The zero-order valence-corrected chi connectivity index (χ0v) is 12.4. The van der Waals surface area contributed by atoms with E-state index >= 15 is 0 Å². The monoisotopic (exact) mass is 284 g/mol. The number of aliphatic hydroxyl groups excluding tert-OH is 1. The van der Waals surface area contributed by atoms with Gasteiger partial charge >= 0.3 is 0 Å². The van der Waals surface area contributed by atoms with Crippen molar-refractivity contribution in [3.63, 3.8) is 0 Å². The van der Waals surface area contributed by atoms with Gasteiger partial charge in [-0.05, 0) is 43.2 Å². The quantitative estimate of drug-likeness (QED) is 0.932. The van der Waals surface area contributed by atoms with Crippen molar-refractivity contribution >= 4 is 0 Å². The van der Waals surface area contributed by atoms with Crippen LogP contribution in [0.15, 0.2) is 42.5 Å². The Bertz CT molecular complexity index is 634. The molecule has 0 aromatic heterocycles. The molecule has 2 unspecified atom stereocenters. The van der Waals surface area contributed by atoms with Crippen LogP contribution in [-0.4, -0.2) is 18.3 Å². The minimum absolute atomic E-state index is 0.275. The second-order valence-corrected chi connectivity index (χ2v) is 5.56. The van der Waals surface area contributed by atoms with Gasteiger partial charge in [0.05, 0.1) is 25.2 Å². The molecule has 0 spiro atoms. The fraction of sp³-hybridized carbons (Fsp3) is 0.333. The predicted molar refractivity (Wildman–Crippen MR) is 82.0 cm³/mol. The molecule has 1 aliphatic heterocycles. The average molecular weight is 284 g/mol. The summed E-state index contributed by atoms with van der Waals surface area (Å²) in [6.45, 7) is 5.04. The summed E-state index contributed by atoms with van der Waals surface area (Å²) in [5.74, 6) is 2.10. The Kier molecular flexibility index (Phi) is 3.84. The molecule has 0 saturated heterocycles. The van der Waals surface area contributed by atoms with E-state index in [1.165, 1.54) is 5.56 Å². The Morgan fingerprint density at radius 2 is 2.10 bits per heavy atom. The topological polar surface area (TPSA) is 38.7 Å². The van der Waals surface area contributed by atoms with Crippen molar-refractivity contribution in [3.05, 3.63) is 59.2 Å². The molecule has 0 aliphatic carbocycles. The number of hydrogen-bond acceptors (Lipinski definition) is 3. The van der Waals surface area contributed by atoms with E-state index in [0.29, 0.717) is 13.2 Å². The van der Waals surface area contributed by atoms with E-state index in [4.69, 9.17) is 9.47 Å². The van der Waals surface area contributed by atoms with Gasteiger partial charge in [-0.2, -0.15) is 0 Å². The number of rotatable bonds is 4. The standard InChI is InChI=1S/C18H20O3/c1-12-9-14(13(2)19)7-8-17(12)20-10-15-11-21-18-6-4-3-5-16(15)18/h3-9,13,15,19H,10-11H2,1-2H3. The second kappa shape index (κ2) is 5.78. The number of aliphatic hydroxyl groups is 1. The van der Waals surface area contributed by atoms with Gasteiger partial charge in [0, 0.05) is 5.56 Å². The summed E-state index contributed by atoms with van der Waals surface area (Å²) in [5, 5.41) is 9.59. The van der Waals surface area contributed by atoms with Crippen LogP contribution < -0.4 is 9.47 Å². The van der Waals surface area contributed by atoms with Gasteiger partial charge in [0.2, 0.25) is 0 Å². The molecule has 1 heterocycles. The van der Waals surface area contributed by atoms with Gasteiger partial charge in [0.25, 0.3) is 0 Å². The molecule has 1 aliphatic rings. The lowest BCUT2D eigenvalue weighted by atomic mass is 10.0. The Morgan fingerprint density at radius 1 is 1.29 bits per heavy atom. The van der Waals surface area contributed by atoms with Crippen LogP contribution in [0.2, 0.25) is 0 Å². The molecule has 0 amide bonds. The molecule has 0 radical (unpaired) electrons. The maximum atomic E-state index is 9.59.